The number of carbonyl (C=O) groups excluding carboxylic acids is 1. The molecule has 1 unspecified atom stereocenters. The fourth-order valence-corrected chi connectivity index (χ4v) is 4.92. The van der Waals surface area contributed by atoms with E-state index >= 15 is 0 Å². The summed E-state index contributed by atoms with van der Waals surface area (Å²) in [7, 11) is 0. The Morgan fingerprint density at radius 2 is 2.00 bits per heavy atom. The van der Waals surface area contributed by atoms with Crippen molar-refractivity contribution in [2.45, 2.75) is 38.6 Å². The Kier molecular flexibility index (Phi) is 5.30. The molecule has 1 aromatic carbocycles. The zero-order valence-electron chi connectivity index (χ0n) is 16.3. The molecular weight excluding hydrogens is 336 g/mol. The first-order valence-corrected chi connectivity index (χ1v) is 10.2. The molecule has 1 atom stereocenters. The number of benzene rings is 1. The van der Waals surface area contributed by atoms with Gasteiger partial charge in [-0.1, -0.05) is 37.3 Å². The monoisotopic (exact) mass is 366 g/mol. The van der Waals surface area contributed by atoms with Crippen molar-refractivity contribution in [1.29, 1.82) is 0 Å². The molecule has 0 N–H and O–H groups in total. The van der Waals surface area contributed by atoms with Crippen molar-refractivity contribution >= 4 is 5.91 Å². The van der Waals surface area contributed by atoms with Crippen molar-refractivity contribution in [3.8, 4) is 0 Å². The number of nitrogens with zero attached hydrogens (tertiary/aromatic N) is 4. The molecule has 0 saturated carbocycles. The van der Waals surface area contributed by atoms with E-state index in [0.717, 1.165) is 39.0 Å². The molecule has 2 aliphatic heterocycles. The summed E-state index contributed by atoms with van der Waals surface area (Å²) in [5.74, 6) is 0.818. The topological polar surface area (TPSA) is 41.4 Å². The van der Waals surface area contributed by atoms with Gasteiger partial charge in [-0.05, 0) is 42.7 Å². The van der Waals surface area contributed by atoms with Crippen LogP contribution in [0.4, 0.5) is 0 Å². The second-order valence-corrected chi connectivity index (χ2v) is 8.26. The predicted molar refractivity (Wildman–Crippen MR) is 106 cm³/mol. The molecule has 2 aromatic rings. The van der Waals surface area contributed by atoms with Crippen LogP contribution in [0.15, 0.2) is 49.1 Å². The Morgan fingerprint density at radius 1 is 1.22 bits per heavy atom. The highest BCUT2D eigenvalue weighted by molar-refractivity contribution is 5.76. The van der Waals surface area contributed by atoms with Gasteiger partial charge in [0.1, 0.15) is 6.54 Å². The van der Waals surface area contributed by atoms with Gasteiger partial charge in [0.25, 0.3) is 0 Å². The van der Waals surface area contributed by atoms with E-state index in [2.05, 4.69) is 47.1 Å². The second kappa shape index (κ2) is 7.85. The number of rotatable bonds is 4. The van der Waals surface area contributed by atoms with Gasteiger partial charge in [0.2, 0.25) is 5.91 Å². The maximum absolute atomic E-state index is 12.6. The minimum atomic E-state index is 0.214. The van der Waals surface area contributed by atoms with Crippen LogP contribution in [-0.4, -0.2) is 58.0 Å². The van der Waals surface area contributed by atoms with Crippen LogP contribution in [0.5, 0.6) is 0 Å². The molecule has 5 nitrogen and oxygen atoms in total. The zero-order valence-corrected chi connectivity index (χ0v) is 16.3. The third-order valence-electron chi connectivity index (χ3n) is 6.49. The number of carbonyl (C=O) groups is 1. The van der Waals surface area contributed by atoms with E-state index in [1.165, 1.54) is 18.5 Å². The quantitative estimate of drug-likeness (QED) is 0.835. The number of amides is 1. The molecule has 3 heterocycles. The number of hydrogen-bond donors (Lipinski definition) is 0. The molecular formula is C22H30N4O. The summed E-state index contributed by atoms with van der Waals surface area (Å²) >= 11 is 0. The van der Waals surface area contributed by atoms with Crippen LogP contribution in [-0.2, 0) is 11.3 Å². The van der Waals surface area contributed by atoms with Crippen LogP contribution >= 0.6 is 0 Å². The number of likely N-dealkylation sites (N-methyl/N-ethyl adjacent to an activating group) is 1. The molecule has 2 saturated heterocycles. The van der Waals surface area contributed by atoms with Gasteiger partial charge in [-0.15, -0.1) is 0 Å². The van der Waals surface area contributed by atoms with Crippen LogP contribution in [0, 0.1) is 5.41 Å². The molecule has 144 valence electrons. The van der Waals surface area contributed by atoms with Gasteiger partial charge >= 0.3 is 0 Å². The Hall–Kier alpha value is -2.14. The molecule has 5 heteroatoms. The second-order valence-electron chi connectivity index (χ2n) is 8.26. The maximum atomic E-state index is 12.6. The van der Waals surface area contributed by atoms with Crippen molar-refractivity contribution in [3.63, 3.8) is 0 Å². The van der Waals surface area contributed by atoms with Gasteiger partial charge in [-0.2, -0.15) is 0 Å². The van der Waals surface area contributed by atoms with E-state index in [1.54, 1.807) is 12.5 Å². The number of likely N-dealkylation sites (tertiary alicyclic amines) is 2. The minimum Gasteiger partial charge on any atom is -0.341 e. The fraction of sp³-hybridized carbons (Fsp3) is 0.545. The first-order valence-electron chi connectivity index (χ1n) is 10.2. The summed E-state index contributed by atoms with van der Waals surface area (Å²) in [6.07, 6.45) is 8.77. The Balaban J connectivity index is 1.41. The lowest BCUT2D eigenvalue weighted by Crippen LogP contribution is -2.52. The summed E-state index contributed by atoms with van der Waals surface area (Å²) in [4.78, 5) is 21.3. The highest BCUT2D eigenvalue weighted by Crippen LogP contribution is 2.45. The van der Waals surface area contributed by atoms with Gasteiger partial charge in [-0.25, -0.2) is 4.98 Å². The molecule has 4 rings (SSSR count). The van der Waals surface area contributed by atoms with E-state index in [9.17, 15) is 4.79 Å². The van der Waals surface area contributed by atoms with Gasteiger partial charge in [0, 0.05) is 38.6 Å². The Bertz CT molecular complexity index is 735. The molecule has 1 aromatic heterocycles. The maximum Gasteiger partial charge on any atom is 0.242 e. The third kappa shape index (κ3) is 4.08. The lowest BCUT2D eigenvalue weighted by molar-refractivity contribution is -0.135. The smallest absolute Gasteiger partial charge is 0.242 e. The Morgan fingerprint density at radius 3 is 2.67 bits per heavy atom. The normalized spacial score (nSPS) is 22.9. The van der Waals surface area contributed by atoms with Crippen molar-refractivity contribution in [2.24, 2.45) is 5.41 Å². The molecule has 0 bridgehead atoms. The zero-order chi connectivity index (χ0) is 18.7. The van der Waals surface area contributed by atoms with Gasteiger partial charge in [-0.3, -0.25) is 4.79 Å². The highest BCUT2D eigenvalue weighted by atomic mass is 16.2. The van der Waals surface area contributed by atoms with E-state index in [4.69, 9.17) is 0 Å². The first kappa shape index (κ1) is 18.2. The molecule has 2 fully saturated rings. The lowest BCUT2D eigenvalue weighted by Gasteiger charge is -2.50. The average Bonchev–Trinajstić information content (AvgIpc) is 3.22. The summed E-state index contributed by atoms with van der Waals surface area (Å²) in [5.41, 5.74) is 1.81. The summed E-state index contributed by atoms with van der Waals surface area (Å²) in [6, 6.07) is 11.0. The van der Waals surface area contributed by atoms with Crippen molar-refractivity contribution in [1.82, 2.24) is 19.4 Å². The number of hydrogen-bond acceptors (Lipinski definition) is 3. The van der Waals surface area contributed by atoms with Crippen molar-refractivity contribution in [2.75, 3.05) is 32.7 Å². The van der Waals surface area contributed by atoms with Crippen LogP contribution in [0.2, 0.25) is 0 Å². The van der Waals surface area contributed by atoms with Crippen molar-refractivity contribution in [3.05, 3.63) is 54.6 Å². The SMILES string of the molecule is CCN1CC(c2ccccc2)CC2(CCN(C(=O)Cn3ccnc3)CC2)C1. The lowest BCUT2D eigenvalue weighted by atomic mass is 9.68. The molecule has 1 spiro atoms. The molecule has 2 aliphatic rings. The predicted octanol–water partition coefficient (Wildman–Crippen LogP) is 3.00. The number of aromatic nitrogens is 2. The average molecular weight is 367 g/mol. The van der Waals surface area contributed by atoms with Crippen LogP contribution in [0.25, 0.3) is 0 Å². The van der Waals surface area contributed by atoms with E-state index < -0.39 is 0 Å². The highest BCUT2D eigenvalue weighted by Gasteiger charge is 2.42. The molecule has 0 radical (unpaired) electrons. The van der Waals surface area contributed by atoms with Gasteiger partial charge in [0.05, 0.1) is 6.33 Å². The summed E-state index contributed by atoms with van der Waals surface area (Å²) in [6.45, 7) is 7.88. The van der Waals surface area contributed by atoms with E-state index in [1.807, 2.05) is 15.7 Å². The van der Waals surface area contributed by atoms with Crippen LogP contribution in [0.3, 0.4) is 0 Å². The first-order chi connectivity index (χ1) is 13.2. The standard InChI is InChI=1S/C22H30N4O/c1-2-24-15-20(19-6-4-3-5-7-19)14-22(17-24)8-11-26(12-9-22)21(27)16-25-13-10-23-18-25/h3-7,10,13,18,20H,2,8-9,11-12,14-17H2,1H3. The summed E-state index contributed by atoms with van der Waals surface area (Å²) < 4.78 is 1.86. The van der Waals surface area contributed by atoms with Crippen LogP contribution < -0.4 is 0 Å². The van der Waals surface area contributed by atoms with Gasteiger partial charge in [0.15, 0.2) is 0 Å². The van der Waals surface area contributed by atoms with E-state index in [0.29, 0.717) is 17.9 Å². The number of imidazole rings is 1. The third-order valence-corrected chi connectivity index (χ3v) is 6.49. The van der Waals surface area contributed by atoms with Crippen LogP contribution in [0.1, 0.15) is 37.7 Å². The summed E-state index contributed by atoms with van der Waals surface area (Å²) in [5, 5.41) is 0. The largest absolute Gasteiger partial charge is 0.341 e. The Labute approximate surface area is 162 Å². The molecule has 1 amide bonds. The molecule has 27 heavy (non-hydrogen) atoms. The van der Waals surface area contributed by atoms with Gasteiger partial charge < -0.3 is 14.4 Å². The minimum absolute atomic E-state index is 0.214. The molecule has 0 aliphatic carbocycles. The van der Waals surface area contributed by atoms with E-state index in [-0.39, 0.29) is 5.91 Å². The van der Waals surface area contributed by atoms with Crippen molar-refractivity contribution < 1.29 is 4.79 Å². The number of piperidine rings is 2. The fourth-order valence-electron chi connectivity index (χ4n) is 4.92.